The summed E-state index contributed by atoms with van der Waals surface area (Å²) >= 11 is 0. The monoisotopic (exact) mass is 362 g/mol. The van der Waals surface area contributed by atoms with Gasteiger partial charge >= 0.3 is 6.03 Å². The highest BCUT2D eigenvalue weighted by atomic mass is 32.2. The highest BCUT2D eigenvalue weighted by Gasteiger charge is 2.26. The second-order valence-corrected chi connectivity index (χ2v) is 8.84. The van der Waals surface area contributed by atoms with Crippen LogP contribution in [0, 0.1) is 0 Å². The van der Waals surface area contributed by atoms with Gasteiger partial charge in [0, 0.05) is 45.3 Å². The van der Waals surface area contributed by atoms with Crippen LogP contribution in [0.5, 0.6) is 0 Å². The van der Waals surface area contributed by atoms with Crippen molar-refractivity contribution in [3.8, 4) is 0 Å². The number of nitrogens with zero attached hydrogens (tertiary/aromatic N) is 2. The zero-order valence-corrected chi connectivity index (χ0v) is 15.6. The molecule has 2 saturated heterocycles. The van der Waals surface area contributed by atoms with Gasteiger partial charge in [-0.2, -0.15) is 0 Å². The maximum atomic E-state index is 12.0. The molecule has 2 aliphatic heterocycles. The van der Waals surface area contributed by atoms with Crippen LogP contribution in [0.15, 0.2) is 0 Å². The SMILES string of the molecule is CC1CN(CCNC(=O)NC2CCN(S(C)(=O)=O)CC2)CC(C)O1. The van der Waals surface area contributed by atoms with Crippen LogP contribution in [0.4, 0.5) is 4.79 Å². The topological polar surface area (TPSA) is 91.0 Å². The Labute approximate surface area is 144 Å². The molecule has 2 aliphatic rings. The van der Waals surface area contributed by atoms with E-state index in [0.717, 1.165) is 19.6 Å². The van der Waals surface area contributed by atoms with Crippen molar-refractivity contribution in [1.82, 2.24) is 19.8 Å². The number of hydrogen-bond acceptors (Lipinski definition) is 5. The Hall–Kier alpha value is -0.900. The fourth-order valence-corrected chi connectivity index (χ4v) is 4.24. The number of ether oxygens (including phenoxy) is 1. The lowest BCUT2D eigenvalue weighted by atomic mass is 10.1. The molecule has 0 spiro atoms. The van der Waals surface area contributed by atoms with Gasteiger partial charge in [-0.3, -0.25) is 4.90 Å². The third-order valence-corrected chi connectivity index (χ3v) is 5.77. The van der Waals surface area contributed by atoms with Gasteiger partial charge in [0.05, 0.1) is 18.5 Å². The van der Waals surface area contributed by atoms with E-state index in [4.69, 9.17) is 4.74 Å². The maximum absolute atomic E-state index is 12.0. The van der Waals surface area contributed by atoms with Crippen molar-refractivity contribution >= 4 is 16.1 Å². The molecule has 2 fully saturated rings. The van der Waals surface area contributed by atoms with Crippen molar-refractivity contribution in [3.05, 3.63) is 0 Å². The largest absolute Gasteiger partial charge is 0.373 e. The lowest BCUT2D eigenvalue weighted by Gasteiger charge is -2.35. The van der Waals surface area contributed by atoms with E-state index in [-0.39, 0.29) is 24.3 Å². The number of hydrogen-bond donors (Lipinski definition) is 2. The number of piperidine rings is 1. The Kier molecular flexibility index (Phi) is 6.85. The summed E-state index contributed by atoms with van der Waals surface area (Å²) in [5, 5.41) is 5.82. The van der Waals surface area contributed by atoms with Crippen LogP contribution < -0.4 is 10.6 Å². The second-order valence-electron chi connectivity index (χ2n) is 6.85. The number of morpholine rings is 1. The Balaban J connectivity index is 1.62. The molecule has 8 nitrogen and oxygen atoms in total. The minimum Gasteiger partial charge on any atom is -0.373 e. The van der Waals surface area contributed by atoms with Crippen molar-refractivity contribution in [1.29, 1.82) is 0 Å². The molecule has 2 N–H and O–H groups in total. The quantitative estimate of drug-likeness (QED) is 0.708. The molecule has 2 amide bonds. The lowest BCUT2D eigenvalue weighted by molar-refractivity contribution is -0.0672. The average molecular weight is 362 g/mol. The van der Waals surface area contributed by atoms with Crippen LogP contribution in [-0.2, 0) is 14.8 Å². The van der Waals surface area contributed by atoms with Crippen molar-refractivity contribution in [2.75, 3.05) is 45.5 Å². The van der Waals surface area contributed by atoms with Gasteiger partial charge in [-0.25, -0.2) is 17.5 Å². The fraction of sp³-hybridized carbons (Fsp3) is 0.933. The molecular formula is C15H30N4O4S. The van der Waals surface area contributed by atoms with Gasteiger partial charge in [0.2, 0.25) is 10.0 Å². The molecule has 2 rings (SSSR count). The van der Waals surface area contributed by atoms with E-state index in [0.29, 0.717) is 32.5 Å². The molecule has 0 radical (unpaired) electrons. The Morgan fingerprint density at radius 2 is 1.75 bits per heavy atom. The fourth-order valence-electron chi connectivity index (χ4n) is 3.36. The number of nitrogens with one attached hydrogen (secondary N) is 2. The molecule has 0 saturated carbocycles. The summed E-state index contributed by atoms with van der Waals surface area (Å²) in [4.78, 5) is 14.3. The van der Waals surface area contributed by atoms with Gasteiger partial charge in [-0.1, -0.05) is 0 Å². The first-order valence-electron chi connectivity index (χ1n) is 8.61. The molecule has 0 aromatic carbocycles. The van der Waals surface area contributed by atoms with E-state index in [9.17, 15) is 13.2 Å². The van der Waals surface area contributed by atoms with E-state index < -0.39 is 10.0 Å². The van der Waals surface area contributed by atoms with E-state index in [1.807, 2.05) is 0 Å². The van der Waals surface area contributed by atoms with Crippen molar-refractivity contribution in [2.24, 2.45) is 0 Å². The molecule has 0 aliphatic carbocycles. The van der Waals surface area contributed by atoms with Crippen molar-refractivity contribution in [2.45, 2.75) is 44.9 Å². The van der Waals surface area contributed by atoms with Crippen LogP contribution in [0.3, 0.4) is 0 Å². The number of carbonyl (C=O) groups excluding carboxylic acids is 1. The summed E-state index contributed by atoms with van der Waals surface area (Å²) in [5.41, 5.74) is 0. The zero-order valence-electron chi connectivity index (χ0n) is 14.8. The minimum absolute atomic E-state index is 0.0337. The standard InChI is InChI=1S/C15H30N4O4S/c1-12-10-18(11-13(2)23-12)9-6-16-15(20)17-14-4-7-19(8-5-14)24(3,21)22/h12-14H,4-11H2,1-3H3,(H2,16,17,20). The minimum atomic E-state index is -3.12. The third-order valence-electron chi connectivity index (χ3n) is 4.47. The van der Waals surface area contributed by atoms with Gasteiger partial charge in [0.25, 0.3) is 0 Å². The molecule has 0 bridgehead atoms. The molecule has 9 heteroatoms. The molecule has 0 aromatic rings. The van der Waals surface area contributed by atoms with Crippen molar-refractivity contribution < 1.29 is 17.9 Å². The Morgan fingerprint density at radius 3 is 2.29 bits per heavy atom. The molecule has 2 heterocycles. The smallest absolute Gasteiger partial charge is 0.315 e. The molecule has 2 unspecified atom stereocenters. The maximum Gasteiger partial charge on any atom is 0.315 e. The van der Waals surface area contributed by atoms with Crippen LogP contribution >= 0.6 is 0 Å². The number of urea groups is 1. The van der Waals surface area contributed by atoms with Crippen LogP contribution in [-0.4, -0.2) is 87.4 Å². The first-order valence-corrected chi connectivity index (χ1v) is 10.5. The molecular weight excluding hydrogens is 332 g/mol. The van der Waals surface area contributed by atoms with E-state index >= 15 is 0 Å². The summed E-state index contributed by atoms with van der Waals surface area (Å²) in [5.74, 6) is 0. The molecule has 140 valence electrons. The molecule has 24 heavy (non-hydrogen) atoms. The normalized spacial score (nSPS) is 27.8. The predicted octanol–water partition coefficient (Wildman–Crippen LogP) is -0.181. The first kappa shape index (κ1) is 19.4. The summed E-state index contributed by atoms with van der Waals surface area (Å²) in [7, 11) is -3.12. The third kappa shape index (κ3) is 6.19. The average Bonchev–Trinajstić information content (AvgIpc) is 2.45. The summed E-state index contributed by atoms with van der Waals surface area (Å²) in [6, 6.07) is -0.145. The number of rotatable bonds is 5. The predicted molar refractivity (Wildman–Crippen MR) is 92.4 cm³/mol. The first-order chi connectivity index (χ1) is 11.2. The van der Waals surface area contributed by atoms with Gasteiger partial charge in [0.15, 0.2) is 0 Å². The zero-order chi connectivity index (χ0) is 17.7. The van der Waals surface area contributed by atoms with Gasteiger partial charge < -0.3 is 15.4 Å². The molecule has 2 atom stereocenters. The van der Waals surface area contributed by atoms with E-state index in [1.165, 1.54) is 10.6 Å². The summed E-state index contributed by atoms with van der Waals surface area (Å²) < 4.78 is 30.1. The summed E-state index contributed by atoms with van der Waals surface area (Å²) in [6.45, 7) is 8.22. The summed E-state index contributed by atoms with van der Waals surface area (Å²) in [6.07, 6.45) is 2.98. The van der Waals surface area contributed by atoms with Crippen LogP contribution in [0.2, 0.25) is 0 Å². The highest BCUT2D eigenvalue weighted by molar-refractivity contribution is 7.88. The highest BCUT2D eigenvalue weighted by Crippen LogP contribution is 2.13. The van der Waals surface area contributed by atoms with Crippen molar-refractivity contribution in [3.63, 3.8) is 0 Å². The number of amides is 2. The Morgan fingerprint density at radius 1 is 1.17 bits per heavy atom. The van der Waals surface area contributed by atoms with Gasteiger partial charge in [-0.15, -0.1) is 0 Å². The Bertz CT molecular complexity index is 510. The van der Waals surface area contributed by atoms with E-state index in [2.05, 4.69) is 29.4 Å². The number of carbonyl (C=O) groups is 1. The van der Waals surface area contributed by atoms with Gasteiger partial charge in [-0.05, 0) is 26.7 Å². The van der Waals surface area contributed by atoms with Crippen LogP contribution in [0.1, 0.15) is 26.7 Å². The molecule has 0 aromatic heterocycles. The number of sulfonamides is 1. The van der Waals surface area contributed by atoms with E-state index in [1.54, 1.807) is 0 Å². The second kappa shape index (κ2) is 8.46. The lowest BCUT2D eigenvalue weighted by Crippen LogP contribution is -2.51. The van der Waals surface area contributed by atoms with Crippen LogP contribution in [0.25, 0.3) is 0 Å². The van der Waals surface area contributed by atoms with Gasteiger partial charge in [0.1, 0.15) is 0 Å².